The molecule has 0 fully saturated rings. The van der Waals surface area contributed by atoms with Crippen molar-refractivity contribution >= 4 is 11.5 Å². The molecule has 0 saturated carbocycles. The minimum Gasteiger partial charge on any atom is -0.392 e. The van der Waals surface area contributed by atoms with Gasteiger partial charge in [0.15, 0.2) is 5.65 Å². The zero-order chi connectivity index (χ0) is 10.8. The maximum Gasteiger partial charge on any atom is 0.348 e. The first-order valence-electron chi connectivity index (χ1n) is 4.51. The van der Waals surface area contributed by atoms with Crippen molar-refractivity contribution in [3.8, 4) is 0 Å². The second-order valence-corrected chi connectivity index (χ2v) is 3.26. The second-order valence-electron chi connectivity index (χ2n) is 3.26. The number of hydrogen-bond acceptors (Lipinski definition) is 5. The van der Waals surface area contributed by atoms with E-state index in [9.17, 15) is 4.79 Å². The van der Waals surface area contributed by atoms with Gasteiger partial charge in [-0.3, -0.25) is 0 Å². The molecule has 0 spiro atoms. The van der Waals surface area contributed by atoms with Gasteiger partial charge in [-0.25, -0.2) is 19.3 Å². The fraction of sp³-hybridized carbons (Fsp3) is 0.375. The Morgan fingerprint density at radius 1 is 1.73 bits per heavy atom. The Hall–Kier alpha value is -1.89. The largest absolute Gasteiger partial charge is 0.392 e. The Morgan fingerprint density at radius 2 is 2.53 bits per heavy atom. The summed E-state index contributed by atoms with van der Waals surface area (Å²) in [6, 6.07) is 1.63. The average Bonchev–Trinajstić information content (AvgIpc) is 2.57. The zero-order valence-corrected chi connectivity index (χ0v) is 8.14. The van der Waals surface area contributed by atoms with Crippen molar-refractivity contribution in [1.82, 2.24) is 19.6 Å². The first-order chi connectivity index (χ1) is 7.16. The van der Waals surface area contributed by atoms with Crippen LogP contribution in [0, 0.1) is 0 Å². The van der Waals surface area contributed by atoms with Gasteiger partial charge in [-0.15, -0.1) is 0 Å². The monoisotopic (exact) mass is 209 g/mol. The lowest BCUT2D eigenvalue weighted by molar-refractivity contribution is 0.208. The third-order valence-corrected chi connectivity index (χ3v) is 1.89. The van der Waals surface area contributed by atoms with E-state index >= 15 is 0 Å². The summed E-state index contributed by atoms with van der Waals surface area (Å²) in [4.78, 5) is 15.1. The van der Waals surface area contributed by atoms with Gasteiger partial charge in [-0.05, 0) is 6.92 Å². The predicted octanol–water partition coefficient (Wildman–Crippen LogP) is -0.790. The normalized spacial score (nSPS) is 12.9. The highest BCUT2D eigenvalue weighted by Gasteiger charge is 2.02. The lowest BCUT2D eigenvalue weighted by Gasteiger charge is -2.06. The molecule has 7 heteroatoms. The second kappa shape index (κ2) is 3.70. The molecule has 0 saturated heterocycles. The van der Waals surface area contributed by atoms with Crippen LogP contribution in [0.5, 0.6) is 0 Å². The van der Waals surface area contributed by atoms with E-state index in [1.165, 1.54) is 10.7 Å². The molecule has 0 aromatic carbocycles. The molecular formula is C8H11N5O2. The Bertz CT molecular complexity index is 515. The van der Waals surface area contributed by atoms with E-state index in [0.29, 0.717) is 18.0 Å². The van der Waals surface area contributed by atoms with Crippen LogP contribution in [0.25, 0.3) is 5.65 Å². The quantitative estimate of drug-likeness (QED) is 0.615. The van der Waals surface area contributed by atoms with Crippen molar-refractivity contribution in [1.29, 1.82) is 0 Å². The maximum atomic E-state index is 11.1. The summed E-state index contributed by atoms with van der Waals surface area (Å²) in [6.07, 6.45) is 0.926. The van der Waals surface area contributed by atoms with E-state index in [2.05, 4.69) is 20.5 Å². The maximum absolute atomic E-state index is 11.1. The summed E-state index contributed by atoms with van der Waals surface area (Å²) in [6.45, 7) is 2.07. The predicted molar refractivity (Wildman–Crippen MR) is 53.8 cm³/mol. The van der Waals surface area contributed by atoms with Crippen LogP contribution in [0.4, 0.5) is 5.82 Å². The molecule has 2 aromatic rings. The first-order valence-corrected chi connectivity index (χ1v) is 4.51. The summed E-state index contributed by atoms with van der Waals surface area (Å²) in [5, 5.41) is 18.1. The fourth-order valence-electron chi connectivity index (χ4n) is 1.16. The molecule has 1 unspecified atom stereocenters. The standard InChI is InChI=1S/C8H11N5O2/c1-5(14)3-9-6-2-7-11-12-8(15)13(7)4-10-6/h2,4-5,9,14H,3H2,1H3,(H,12,15). The molecule has 2 rings (SSSR count). The molecule has 0 amide bonds. The van der Waals surface area contributed by atoms with Crippen molar-refractivity contribution in [2.24, 2.45) is 0 Å². The molecule has 1 atom stereocenters. The van der Waals surface area contributed by atoms with Gasteiger partial charge in [0.25, 0.3) is 0 Å². The van der Waals surface area contributed by atoms with Crippen molar-refractivity contribution < 1.29 is 5.11 Å². The van der Waals surface area contributed by atoms with Crippen LogP contribution in [-0.2, 0) is 0 Å². The van der Waals surface area contributed by atoms with E-state index < -0.39 is 6.10 Å². The lowest BCUT2D eigenvalue weighted by Crippen LogP contribution is -2.16. The van der Waals surface area contributed by atoms with Gasteiger partial charge in [0, 0.05) is 12.6 Å². The van der Waals surface area contributed by atoms with Gasteiger partial charge in [0.1, 0.15) is 12.1 Å². The van der Waals surface area contributed by atoms with Crippen LogP contribution in [0.2, 0.25) is 0 Å². The number of hydrogen-bond donors (Lipinski definition) is 3. The summed E-state index contributed by atoms with van der Waals surface area (Å²) in [5.74, 6) is 0.572. The van der Waals surface area contributed by atoms with Crippen molar-refractivity contribution in [2.45, 2.75) is 13.0 Å². The number of H-pyrrole nitrogens is 1. The Morgan fingerprint density at radius 3 is 3.27 bits per heavy atom. The van der Waals surface area contributed by atoms with E-state index in [1.54, 1.807) is 13.0 Å². The number of aliphatic hydroxyl groups is 1. The van der Waals surface area contributed by atoms with Crippen LogP contribution >= 0.6 is 0 Å². The van der Waals surface area contributed by atoms with E-state index in [-0.39, 0.29) is 5.69 Å². The van der Waals surface area contributed by atoms with Gasteiger partial charge >= 0.3 is 5.69 Å². The molecule has 3 N–H and O–H groups in total. The number of rotatable bonds is 3. The minimum absolute atomic E-state index is 0.320. The van der Waals surface area contributed by atoms with Crippen molar-refractivity contribution in [2.75, 3.05) is 11.9 Å². The zero-order valence-electron chi connectivity index (χ0n) is 8.14. The molecule has 0 aliphatic carbocycles. The summed E-state index contributed by atoms with van der Waals surface area (Å²) >= 11 is 0. The molecule has 15 heavy (non-hydrogen) atoms. The number of nitrogens with one attached hydrogen (secondary N) is 2. The molecule has 2 aromatic heterocycles. The molecule has 0 aliphatic heterocycles. The van der Waals surface area contributed by atoms with Crippen molar-refractivity contribution in [3.05, 3.63) is 22.9 Å². The topological polar surface area (TPSA) is 95.3 Å². The third kappa shape index (κ3) is 1.96. The van der Waals surface area contributed by atoms with Crippen LogP contribution in [0.3, 0.4) is 0 Å². The number of aliphatic hydroxyl groups excluding tert-OH is 1. The highest BCUT2D eigenvalue weighted by atomic mass is 16.3. The SMILES string of the molecule is CC(O)CNc1cc2n[nH]c(=O)n2cn1. The Kier molecular flexibility index (Phi) is 2.38. The molecule has 0 radical (unpaired) electrons. The lowest BCUT2D eigenvalue weighted by atomic mass is 10.4. The highest BCUT2D eigenvalue weighted by Crippen LogP contribution is 2.03. The van der Waals surface area contributed by atoms with Crippen LogP contribution in [-0.4, -0.2) is 37.3 Å². The third-order valence-electron chi connectivity index (χ3n) is 1.89. The van der Waals surface area contributed by atoms with Gasteiger partial charge in [0.05, 0.1) is 6.10 Å². The summed E-state index contributed by atoms with van der Waals surface area (Å²) in [5.41, 5.74) is 0.169. The Balaban J connectivity index is 2.27. The van der Waals surface area contributed by atoms with Gasteiger partial charge in [-0.1, -0.05) is 0 Å². The summed E-state index contributed by atoms with van der Waals surface area (Å²) < 4.78 is 1.30. The van der Waals surface area contributed by atoms with Crippen LogP contribution in [0.15, 0.2) is 17.2 Å². The van der Waals surface area contributed by atoms with Crippen LogP contribution in [0.1, 0.15) is 6.92 Å². The van der Waals surface area contributed by atoms with Gasteiger partial charge in [-0.2, -0.15) is 5.10 Å². The van der Waals surface area contributed by atoms with Gasteiger partial charge < -0.3 is 10.4 Å². The van der Waals surface area contributed by atoms with Crippen molar-refractivity contribution in [3.63, 3.8) is 0 Å². The number of aromatic amines is 1. The molecule has 80 valence electrons. The van der Waals surface area contributed by atoms with E-state index in [1.807, 2.05) is 0 Å². The molecule has 7 nitrogen and oxygen atoms in total. The number of anilines is 1. The molecular weight excluding hydrogens is 198 g/mol. The molecule has 0 bridgehead atoms. The highest BCUT2D eigenvalue weighted by molar-refractivity contribution is 5.48. The number of aromatic nitrogens is 4. The fourth-order valence-corrected chi connectivity index (χ4v) is 1.16. The molecule has 2 heterocycles. The summed E-state index contributed by atoms with van der Waals surface area (Å²) in [7, 11) is 0. The van der Waals surface area contributed by atoms with Crippen LogP contribution < -0.4 is 11.0 Å². The minimum atomic E-state index is -0.454. The number of fused-ring (bicyclic) bond motifs is 1. The number of nitrogens with zero attached hydrogens (tertiary/aromatic N) is 3. The average molecular weight is 209 g/mol. The Labute approximate surface area is 84.8 Å². The van der Waals surface area contributed by atoms with E-state index in [4.69, 9.17) is 5.11 Å². The molecule has 0 aliphatic rings. The smallest absolute Gasteiger partial charge is 0.348 e. The first kappa shape index (κ1) is 9.66. The van der Waals surface area contributed by atoms with Gasteiger partial charge in [0.2, 0.25) is 0 Å². The van der Waals surface area contributed by atoms with E-state index in [0.717, 1.165) is 0 Å².